The predicted molar refractivity (Wildman–Crippen MR) is 132 cm³/mol. The number of halogens is 4. The van der Waals surface area contributed by atoms with Crippen molar-refractivity contribution >= 4 is 34.5 Å². The van der Waals surface area contributed by atoms with Crippen LogP contribution in [0.3, 0.4) is 0 Å². The third-order valence-electron chi connectivity index (χ3n) is 5.68. The molecule has 4 rings (SSSR count). The van der Waals surface area contributed by atoms with Crippen molar-refractivity contribution in [3.05, 3.63) is 82.9 Å². The number of nitrogens with zero attached hydrogens (tertiary/aromatic N) is 2. The van der Waals surface area contributed by atoms with Gasteiger partial charge in [0.1, 0.15) is 0 Å². The number of carbonyl (C=O) groups excluding carboxylic acids is 1. The molecular formula is C26H24ClF3N4O. The van der Waals surface area contributed by atoms with Crippen LogP contribution in [-0.4, -0.2) is 15.5 Å². The Morgan fingerprint density at radius 2 is 1.69 bits per heavy atom. The average molecular weight is 501 g/mol. The van der Waals surface area contributed by atoms with Gasteiger partial charge in [0.15, 0.2) is 0 Å². The van der Waals surface area contributed by atoms with Crippen LogP contribution in [0.15, 0.2) is 66.7 Å². The van der Waals surface area contributed by atoms with Crippen LogP contribution in [0.1, 0.15) is 43.5 Å². The summed E-state index contributed by atoms with van der Waals surface area (Å²) < 4.78 is 41.3. The van der Waals surface area contributed by atoms with Gasteiger partial charge in [0.25, 0.3) is 0 Å². The molecule has 0 bridgehead atoms. The molecule has 3 N–H and O–H groups in total. The lowest BCUT2D eigenvalue weighted by molar-refractivity contribution is -0.137. The second-order valence-corrected chi connectivity index (χ2v) is 8.98. The van der Waals surface area contributed by atoms with Gasteiger partial charge >= 0.3 is 6.18 Å². The van der Waals surface area contributed by atoms with Gasteiger partial charge < -0.3 is 10.3 Å². The Hall–Kier alpha value is -3.36. The molecule has 0 aliphatic rings. The van der Waals surface area contributed by atoms with Crippen LogP contribution in [0.2, 0.25) is 5.02 Å². The zero-order chi connectivity index (χ0) is 25.3. The van der Waals surface area contributed by atoms with Crippen LogP contribution in [0.25, 0.3) is 22.2 Å². The minimum atomic E-state index is -4.56. The van der Waals surface area contributed by atoms with Gasteiger partial charge in [0.05, 0.1) is 21.6 Å². The minimum Gasteiger partial charge on any atom is -0.324 e. The number of amides is 1. The standard InChI is InChI=1S/C26H24ClF3N4O/c1-15(2)34-24-20(27)12-19(26(28,29)30)13-22(24)32-25(34)33-23(35)14-21(31)18-10-8-17(9-11-18)16-6-4-3-5-7-16/h3-13,15,21H,14,31H2,1-2H3,(H,32,33,35). The Balaban J connectivity index is 1.54. The molecule has 3 aromatic carbocycles. The molecule has 0 saturated heterocycles. The summed E-state index contributed by atoms with van der Waals surface area (Å²) in [5.41, 5.74) is 8.64. The highest BCUT2D eigenvalue weighted by Crippen LogP contribution is 2.37. The normalized spacial score (nSPS) is 12.8. The van der Waals surface area contributed by atoms with Crippen LogP contribution in [0, 0.1) is 0 Å². The van der Waals surface area contributed by atoms with Crippen LogP contribution < -0.4 is 11.1 Å². The number of hydrogen-bond acceptors (Lipinski definition) is 3. The minimum absolute atomic E-state index is 0.0342. The molecule has 0 radical (unpaired) electrons. The zero-order valence-corrected chi connectivity index (χ0v) is 19.9. The Morgan fingerprint density at radius 1 is 1.06 bits per heavy atom. The number of benzene rings is 3. The van der Waals surface area contributed by atoms with Crippen molar-refractivity contribution in [1.29, 1.82) is 0 Å². The number of alkyl halides is 3. The molecule has 0 aliphatic carbocycles. The summed E-state index contributed by atoms with van der Waals surface area (Å²) in [5, 5.41) is 2.61. The van der Waals surface area contributed by atoms with E-state index in [-0.39, 0.29) is 29.0 Å². The summed E-state index contributed by atoms with van der Waals surface area (Å²) in [7, 11) is 0. The SMILES string of the molecule is CC(C)n1c(NC(=O)CC(N)c2ccc(-c3ccccc3)cc2)nc2cc(C(F)(F)F)cc(Cl)c21. The van der Waals surface area contributed by atoms with Crippen molar-refractivity contribution in [2.24, 2.45) is 5.73 Å². The highest BCUT2D eigenvalue weighted by atomic mass is 35.5. The Labute approximate surface area is 205 Å². The largest absolute Gasteiger partial charge is 0.416 e. The molecule has 1 heterocycles. The number of aromatic nitrogens is 2. The van der Waals surface area contributed by atoms with Crippen molar-refractivity contribution < 1.29 is 18.0 Å². The molecule has 35 heavy (non-hydrogen) atoms. The first-order valence-electron chi connectivity index (χ1n) is 11.0. The van der Waals surface area contributed by atoms with Gasteiger partial charge in [-0.3, -0.25) is 10.1 Å². The van der Waals surface area contributed by atoms with Gasteiger partial charge in [-0.15, -0.1) is 0 Å². The number of hydrogen-bond donors (Lipinski definition) is 2. The average Bonchev–Trinajstić information content (AvgIpc) is 3.17. The first-order valence-corrected chi connectivity index (χ1v) is 11.4. The lowest BCUT2D eigenvalue weighted by Crippen LogP contribution is -2.22. The monoisotopic (exact) mass is 500 g/mol. The van der Waals surface area contributed by atoms with Gasteiger partial charge in [-0.05, 0) is 42.7 Å². The number of rotatable bonds is 6. The molecule has 4 aromatic rings. The van der Waals surface area contributed by atoms with E-state index in [1.165, 1.54) is 0 Å². The van der Waals surface area contributed by atoms with Gasteiger partial charge in [-0.2, -0.15) is 13.2 Å². The molecule has 1 unspecified atom stereocenters. The van der Waals surface area contributed by atoms with E-state index in [0.717, 1.165) is 28.8 Å². The summed E-state index contributed by atoms with van der Waals surface area (Å²) in [5.74, 6) is -0.290. The lowest BCUT2D eigenvalue weighted by Gasteiger charge is -2.16. The lowest BCUT2D eigenvalue weighted by atomic mass is 9.99. The van der Waals surface area contributed by atoms with Crippen molar-refractivity contribution in [2.45, 2.75) is 38.5 Å². The van der Waals surface area contributed by atoms with E-state index in [9.17, 15) is 18.0 Å². The third kappa shape index (κ3) is 5.33. The molecule has 1 amide bonds. The predicted octanol–water partition coefficient (Wildman–Crippen LogP) is 6.99. The Kier molecular flexibility index (Phi) is 6.87. The highest BCUT2D eigenvalue weighted by molar-refractivity contribution is 6.35. The van der Waals surface area contributed by atoms with E-state index in [0.29, 0.717) is 5.52 Å². The van der Waals surface area contributed by atoms with E-state index in [1.54, 1.807) is 4.57 Å². The fraction of sp³-hybridized carbons (Fsp3) is 0.231. The molecule has 1 atom stereocenters. The molecule has 0 aliphatic heterocycles. The Bertz CT molecular complexity index is 1350. The van der Waals surface area contributed by atoms with E-state index in [1.807, 2.05) is 68.4 Å². The molecule has 182 valence electrons. The topological polar surface area (TPSA) is 72.9 Å². The van der Waals surface area contributed by atoms with Crippen LogP contribution in [0.5, 0.6) is 0 Å². The number of carbonyl (C=O) groups is 1. The third-order valence-corrected chi connectivity index (χ3v) is 5.97. The number of imidazole rings is 1. The molecule has 5 nitrogen and oxygen atoms in total. The second kappa shape index (κ2) is 9.71. The maximum absolute atomic E-state index is 13.2. The molecule has 0 saturated carbocycles. The van der Waals surface area contributed by atoms with Crippen LogP contribution in [0.4, 0.5) is 19.1 Å². The number of nitrogens with one attached hydrogen (secondary N) is 1. The fourth-order valence-electron chi connectivity index (χ4n) is 3.98. The first-order chi connectivity index (χ1) is 16.5. The van der Waals surface area contributed by atoms with Crippen LogP contribution in [-0.2, 0) is 11.0 Å². The summed E-state index contributed by atoms with van der Waals surface area (Å²) in [4.78, 5) is 17.0. The maximum atomic E-state index is 13.2. The van der Waals surface area contributed by atoms with Gasteiger partial charge in [0, 0.05) is 18.5 Å². The number of anilines is 1. The highest BCUT2D eigenvalue weighted by Gasteiger charge is 2.32. The summed E-state index contributed by atoms with van der Waals surface area (Å²) in [6.45, 7) is 3.65. The number of fused-ring (bicyclic) bond motifs is 1. The maximum Gasteiger partial charge on any atom is 0.416 e. The second-order valence-electron chi connectivity index (χ2n) is 8.57. The van der Waals surface area contributed by atoms with E-state index in [4.69, 9.17) is 17.3 Å². The van der Waals surface area contributed by atoms with E-state index in [2.05, 4.69) is 10.3 Å². The van der Waals surface area contributed by atoms with Crippen molar-refractivity contribution in [3.8, 4) is 11.1 Å². The molecule has 1 aromatic heterocycles. The summed E-state index contributed by atoms with van der Waals surface area (Å²) in [6.07, 6.45) is -4.60. The first kappa shape index (κ1) is 24.8. The summed E-state index contributed by atoms with van der Waals surface area (Å²) >= 11 is 6.20. The van der Waals surface area contributed by atoms with Crippen molar-refractivity contribution in [3.63, 3.8) is 0 Å². The van der Waals surface area contributed by atoms with E-state index < -0.39 is 23.7 Å². The molecule has 0 spiro atoms. The van der Waals surface area contributed by atoms with Crippen molar-refractivity contribution in [2.75, 3.05) is 5.32 Å². The molecule has 0 fully saturated rings. The zero-order valence-electron chi connectivity index (χ0n) is 19.1. The van der Waals surface area contributed by atoms with Crippen molar-refractivity contribution in [1.82, 2.24) is 9.55 Å². The van der Waals surface area contributed by atoms with Gasteiger partial charge in [-0.1, -0.05) is 66.2 Å². The smallest absolute Gasteiger partial charge is 0.324 e. The van der Waals surface area contributed by atoms with Gasteiger partial charge in [0.2, 0.25) is 11.9 Å². The molecular weight excluding hydrogens is 477 g/mol. The van der Waals surface area contributed by atoms with E-state index >= 15 is 0 Å². The quantitative estimate of drug-likeness (QED) is 0.300. The van der Waals surface area contributed by atoms with Crippen LogP contribution >= 0.6 is 11.6 Å². The van der Waals surface area contributed by atoms with Gasteiger partial charge in [-0.25, -0.2) is 4.98 Å². The number of nitrogens with two attached hydrogens (primary N) is 1. The molecule has 9 heteroatoms. The summed E-state index contributed by atoms with van der Waals surface area (Å²) in [6, 6.07) is 18.5. The fourth-order valence-corrected chi connectivity index (χ4v) is 4.29. The Morgan fingerprint density at radius 3 is 2.29 bits per heavy atom.